The second-order valence-corrected chi connectivity index (χ2v) is 5.22. The molecule has 0 heterocycles. The molecule has 0 aliphatic heterocycles. The zero-order valence-electron chi connectivity index (χ0n) is 13.3. The van der Waals surface area contributed by atoms with Gasteiger partial charge in [0.05, 0.1) is 11.9 Å². The van der Waals surface area contributed by atoms with Crippen molar-refractivity contribution < 1.29 is 4.74 Å². The maximum atomic E-state index is 5.81. The summed E-state index contributed by atoms with van der Waals surface area (Å²) in [5, 5.41) is 4.26. The lowest BCUT2D eigenvalue weighted by Crippen LogP contribution is -1.91. The Bertz CT molecular complexity index is 786. The first-order valence-electron chi connectivity index (χ1n) is 7.48. The van der Waals surface area contributed by atoms with Gasteiger partial charge >= 0.3 is 0 Å². The van der Waals surface area contributed by atoms with Gasteiger partial charge in [0.25, 0.3) is 0 Å². The van der Waals surface area contributed by atoms with Crippen LogP contribution in [0.25, 0.3) is 0 Å². The molecule has 0 saturated heterocycles. The number of para-hydroxylation sites is 1. The molecule has 1 N–H and O–H groups in total. The molecule has 0 amide bonds. The van der Waals surface area contributed by atoms with Crippen LogP contribution in [0.2, 0.25) is 0 Å². The fourth-order valence-corrected chi connectivity index (χ4v) is 2.09. The van der Waals surface area contributed by atoms with Crippen LogP contribution in [0, 0.1) is 6.92 Å². The molecule has 0 fully saturated rings. The molecule has 3 rings (SSSR count). The number of hydrogen-bond acceptors (Lipinski definition) is 3. The van der Waals surface area contributed by atoms with Gasteiger partial charge in [-0.05, 0) is 48.9 Å². The van der Waals surface area contributed by atoms with Crippen LogP contribution in [0.5, 0.6) is 11.5 Å². The first kappa shape index (κ1) is 17.6. The van der Waals surface area contributed by atoms with Gasteiger partial charge in [-0.15, -0.1) is 12.4 Å². The van der Waals surface area contributed by atoms with E-state index in [-0.39, 0.29) is 12.4 Å². The lowest BCUT2D eigenvalue weighted by atomic mass is 10.2. The van der Waals surface area contributed by atoms with Gasteiger partial charge < -0.3 is 4.74 Å². The maximum Gasteiger partial charge on any atom is 0.128 e. The summed E-state index contributed by atoms with van der Waals surface area (Å²) in [4.78, 5) is 0. The second-order valence-electron chi connectivity index (χ2n) is 5.22. The summed E-state index contributed by atoms with van der Waals surface area (Å²) in [5.41, 5.74) is 6.18. The normalized spacial score (nSPS) is 10.2. The third kappa shape index (κ3) is 5.14. The summed E-state index contributed by atoms with van der Waals surface area (Å²) < 4.78 is 5.81. The van der Waals surface area contributed by atoms with E-state index in [0.29, 0.717) is 0 Å². The van der Waals surface area contributed by atoms with Crippen molar-refractivity contribution in [2.24, 2.45) is 5.10 Å². The highest BCUT2D eigenvalue weighted by Crippen LogP contribution is 2.21. The van der Waals surface area contributed by atoms with Crippen molar-refractivity contribution in [1.29, 1.82) is 0 Å². The molecular formula is C20H19ClN2O. The molecule has 3 nitrogen and oxygen atoms in total. The van der Waals surface area contributed by atoms with E-state index < -0.39 is 0 Å². The Morgan fingerprint density at radius 1 is 0.833 bits per heavy atom. The number of hydrazone groups is 1. The largest absolute Gasteiger partial charge is 0.457 e. The Hall–Kier alpha value is -2.78. The predicted molar refractivity (Wildman–Crippen MR) is 103 cm³/mol. The molecule has 0 aliphatic carbocycles. The van der Waals surface area contributed by atoms with E-state index >= 15 is 0 Å². The predicted octanol–water partition coefficient (Wildman–Crippen LogP) is 5.66. The molecule has 3 aromatic rings. The Labute approximate surface area is 148 Å². The van der Waals surface area contributed by atoms with E-state index in [0.717, 1.165) is 22.7 Å². The Morgan fingerprint density at radius 2 is 1.54 bits per heavy atom. The summed E-state index contributed by atoms with van der Waals surface area (Å²) in [5.74, 6) is 1.61. The van der Waals surface area contributed by atoms with Crippen molar-refractivity contribution >= 4 is 24.3 Å². The van der Waals surface area contributed by atoms with Crippen LogP contribution in [0.3, 0.4) is 0 Å². The van der Waals surface area contributed by atoms with E-state index in [1.165, 1.54) is 5.56 Å². The molecule has 0 aliphatic rings. The smallest absolute Gasteiger partial charge is 0.128 e. The number of nitrogens with one attached hydrogen (secondary N) is 1. The molecule has 0 spiro atoms. The SMILES string of the molecule is Cc1ccc(NN=Cc2cccc(Oc3ccccc3)c2)cc1.Cl. The highest BCUT2D eigenvalue weighted by molar-refractivity contribution is 5.85. The van der Waals surface area contributed by atoms with Gasteiger partial charge in [0, 0.05) is 0 Å². The third-order valence-corrected chi connectivity index (χ3v) is 3.30. The maximum absolute atomic E-state index is 5.81. The van der Waals surface area contributed by atoms with Crippen LogP contribution >= 0.6 is 12.4 Å². The van der Waals surface area contributed by atoms with E-state index in [1.54, 1.807) is 6.21 Å². The summed E-state index contributed by atoms with van der Waals surface area (Å²) >= 11 is 0. The molecule has 0 unspecified atom stereocenters. The van der Waals surface area contributed by atoms with Crippen molar-refractivity contribution in [1.82, 2.24) is 0 Å². The minimum absolute atomic E-state index is 0. The van der Waals surface area contributed by atoms with Gasteiger partial charge in [-0.25, -0.2) is 0 Å². The van der Waals surface area contributed by atoms with Crippen molar-refractivity contribution in [2.75, 3.05) is 5.43 Å². The fourth-order valence-electron chi connectivity index (χ4n) is 2.09. The average molecular weight is 339 g/mol. The Morgan fingerprint density at radius 3 is 2.29 bits per heavy atom. The van der Waals surface area contributed by atoms with E-state index in [9.17, 15) is 0 Å². The molecular weight excluding hydrogens is 320 g/mol. The van der Waals surface area contributed by atoms with Crippen molar-refractivity contribution in [3.05, 3.63) is 90.0 Å². The zero-order chi connectivity index (χ0) is 15.9. The first-order chi connectivity index (χ1) is 11.3. The number of nitrogens with zero attached hydrogens (tertiary/aromatic N) is 1. The second kappa shape index (κ2) is 8.75. The minimum atomic E-state index is 0. The van der Waals surface area contributed by atoms with E-state index in [2.05, 4.69) is 17.5 Å². The molecule has 0 bridgehead atoms. The first-order valence-corrected chi connectivity index (χ1v) is 7.48. The summed E-state index contributed by atoms with van der Waals surface area (Å²) in [6, 6.07) is 25.6. The zero-order valence-corrected chi connectivity index (χ0v) is 14.2. The molecule has 24 heavy (non-hydrogen) atoms. The highest BCUT2D eigenvalue weighted by atomic mass is 35.5. The number of ether oxygens (including phenoxy) is 1. The van der Waals surface area contributed by atoms with Gasteiger partial charge in [-0.2, -0.15) is 5.10 Å². The van der Waals surface area contributed by atoms with Crippen LogP contribution in [0.1, 0.15) is 11.1 Å². The molecule has 0 atom stereocenters. The lowest BCUT2D eigenvalue weighted by molar-refractivity contribution is 0.482. The van der Waals surface area contributed by atoms with Crippen LogP contribution in [0.15, 0.2) is 84.0 Å². The summed E-state index contributed by atoms with van der Waals surface area (Å²) in [6.07, 6.45) is 1.78. The van der Waals surface area contributed by atoms with Crippen LogP contribution in [-0.2, 0) is 0 Å². The lowest BCUT2D eigenvalue weighted by Gasteiger charge is -2.06. The molecule has 0 aromatic heterocycles. The van der Waals surface area contributed by atoms with E-state index in [1.807, 2.05) is 78.9 Å². The quantitative estimate of drug-likeness (QED) is 0.481. The fraction of sp³-hybridized carbons (Fsp3) is 0.0500. The number of aryl methyl sites for hydroxylation is 1. The molecule has 4 heteroatoms. The molecule has 3 aromatic carbocycles. The average Bonchev–Trinajstić information content (AvgIpc) is 2.58. The molecule has 0 radical (unpaired) electrons. The van der Waals surface area contributed by atoms with Crippen molar-refractivity contribution in [3.63, 3.8) is 0 Å². The number of hydrogen-bond donors (Lipinski definition) is 1. The highest BCUT2D eigenvalue weighted by Gasteiger charge is 1.97. The number of benzene rings is 3. The summed E-state index contributed by atoms with van der Waals surface area (Å²) in [6.45, 7) is 2.06. The van der Waals surface area contributed by atoms with Crippen LogP contribution < -0.4 is 10.2 Å². The van der Waals surface area contributed by atoms with Gasteiger partial charge in [0.2, 0.25) is 0 Å². The minimum Gasteiger partial charge on any atom is -0.457 e. The third-order valence-electron chi connectivity index (χ3n) is 3.30. The summed E-state index contributed by atoms with van der Waals surface area (Å²) in [7, 11) is 0. The van der Waals surface area contributed by atoms with Gasteiger partial charge in [-0.3, -0.25) is 5.43 Å². The van der Waals surface area contributed by atoms with Gasteiger partial charge in [0.15, 0.2) is 0 Å². The molecule has 0 saturated carbocycles. The number of halogens is 1. The number of rotatable bonds is 5. The standard InChI is InChI=1S/C20H18N2O.ClH/c1-16-10-12-18(13-11-16)22-21-15-17-6-5-9-20(14-17)23-19-7-3-2-4-8-19;/h2-15,22H,1H3;1H. The van der Waals surface area contributed by atoms with Crippen molar-refractivity contribution in [3.8, 4) is 11.5 Å². The molecule has 122 valence electrons. The van der Waals surface area contributed by atoms with E-state index in [4.69, 9.17) is 4.74 Å². The topological polar surface area (TPSA) is 33.6 Å². The number of anilines is 1. The Kier molecular flexibility index (Phi) is 6.41. The van der Waals surface area contributed by atoms with Crippen LogP contribution in [0.4, 0.5) is 5.69 Å². The van der Waals surface area contributed by atoms with Crippen molar-refractivity contribution in [2.45, 2.75) is 6.92 Å². The van der Waals surface area contributed by atoms with Gasteiger partial charge in [-0.1, -0.05) is 48.0 Å². The monoisotopic (exact) mass is 338 g/mol. The van der Waals surface area contributed by atoms with Gasteiger partial charge in [0.1, 0.15) is 11.5 Å². The Balaban J connectivity index is 0.00000208. The van der Waals surface area contributed by atoms with Crippen LogP contribution in [-0.4, -0.2) is 6.21 Å².